The smallest absolute Gasteiger partial charge is 0.214 e. The lowest BCUT2D eigenvalue weighted by molar-refractivity contribution is -0.119. The summed E-state index contributed by atoms with van der Waals surface area (Å²) in [5.41, 5.74) is 0. The molecule has 0 heterocycles. The van der Waals surface area contributed by atoms with E-state index in [9.17, 15) is 9.59 Å². The molecule has 0 rings (SSSR count). The van der Waals surface area contributed by atoms with Gasteiger partial charge in [-0.2, -0.15) is 0 Å². The maximum Gasteiger partial charge on any atom is 0.214 e. The van der Waals surface area contributed by atoms with Crippen LogP contribution in [0.3, 0.4) is 0 Å². The Morgan fingerprint density at radius 2 is 2.17 bits per heavy atom. The molecule has 0 N–H and O–H groups in total. The van der Waals surface area contributed by atoms with Crippen molar-refractivity contribution < 1.29 is 9.59 Å². The molecule has 1 amide bonds. The molecule has 0 bridgehead atoms. The molecule has 0 aliphatic rings. The average Bonchev–Trinajstić information content (AvgIpc) is 2.04. The molecule has 0 aliphatic carbocycles. The van der Waals surface area contributed by atoms with Crippen LogP contribution >= 0.6 is 11.6 Å². The molecule has 66 valence electrons. The van der Waals surface area contributed by atoms with Crippen LogP contribution in [0.1, 0.15) is 6.92 Å². The number of carbonyl (C=O) groups is 2. The highest BCUT2D eigenvalue weighted by molar-refractivity contribution is 6.31. The Bertz CT molecular complexity index is 211. The maximum absolute atomic E-state index is 10.3. The second-order valence-electron chi connectivity index (χ2n) is 1.98. The predicted octanol–water partition coefficient (Wildman–Crippen LogP) is 1.30. The quantitative estimate of drug-likeness (QED) is 0.481. The first kappa shape index (κ1) is 10.9. The van der Waals surface area contributed by atoms with Gasteiger partial charge < -0.3 is 9.69 Å². The first-order valence-electron chi connectivity index (χ1n) is 3.39. The summed E-state index contributed by atoms with van der Waals surface area (Å²) in [5, 5.41) is 0.409. The summed E-state index contributed by atoms with van der Waals surface area (Å²) in [6, 6.07) is 0. The van der Waals surface area contributed by atoms with E-state index in [2.05, 4.69) is 0 Å². The van der Waals surface area contributed by atoms with E-state index in [-0.39, 0.29) is 6.54 Å². The summed E-state index contributed by atoms with van der Waals surface area (Å²) >= 11 is 5.65. The molecule has 12 heavy (non-hydrogen) atoms. The zero-order valence-corrected chi connectivity index (χ0v) is 7.49. The third kappa shape index (κ3) is 4.68. The molecule has 0 saturated carbocycles. The molecular weight excluding hydrogens is 178 g/mol. The van der Waals surface area contributed by atoms with Crippen LogP contribution in [0.15, 0.2) is 23.4 Å². The molecule has 0 aromatic carbocycles. The number of nitrogens with zero attached hydrogens (tertiary/aromatic N) is 1. The molecule has 0 aromatic rings. The lowest BCUT2D eigenvalue weighted by Gasteiger charge is -2.06. The van der Waals surface area contributed by atoms with E-state index in [1.807, 2.05) is 0 Å². The van der Waals surface area contributed by atoms with Crippen molar-refractivity contribution in [1.82, 2.24) is 4.90 Å². The standard InChI is InChI=1S/C8H10ClNO2/c1-2-3-8(9)6-10(7-12)4-5-11/h2-3,5-7H,4H2,1H3/b3-2-,8-6+. The topological polar surface area (TPSA) is 37.4 Å². The summed E-state index contributed by atoms with van der Waals surface area (Å²) in [6.45, 7) is 1.83. The van der Waals surface area contributed by atoms with Crippen LogP contribution in [0.5, 0.6) is 0 Å². The highest BCUT2D eigenvalue weighted by Crippen LogP contribution is 2.03. The van der Waals surface area contributed by atoms with Gasteiger partial charge in [-0.25, -0.2) is 0 Å². The van der Waals surface area contributed by atoms with Crippen molar-refractivity contribution in [1.29, 1.82) is 0 Å². The fourth-order valence-corrected chi connectivity index (χ4v) is 0.824. The predicted molar refractivity (Wildman–Crippen MR) is 47.6 cm³/mol. The van der Waals surface area contributed by atoms with E-state index in [1.165, 1.54) is 6.20 Å². The number of allylic oxidation sites excluding steroid dienone is 3. The highest BCUT2D eigenvalue weighted by atomic mass is 35.5. The van der Waals surface area contributed by atoms with Crippen LogP contribution in [0.2, 0.25) is 0 Å². The second kappa shape index (κ2) is 6.61. The number of hydrogen-bond donors (Lipinski definition) is 0. The molecular formula is C8H10ClNO2. The molecule has 4 heteroatoms. The SMILES string of the molecule is C/C=C\C(Cl)=C/N(C=O)CC=O. The zero-order valence-electron chi connectivity index (χ0n) is 6.74. The molecule has 0 spiro atoms. The van der Waals surface area contributed by atoms with E-state index < -0.39 is 0 Å². The molecule has 0 radical (unpaired) electrons. The summed E-state index contributed by atoms with van der Waals surface area (Å²) in [7, 11) is 0. The van der Waals surface area contributed by atoms with Crippen molar-refractivity contribution in [2.75, 3.05) is 6.54 Å². The summed E-state index contributed by atoms with van der Waals surface area (Å²) in [6.07, 6.45) is 5.93. The van der Waals surface area contributed by atoms with Crippen LogP contribution in [0.25, 0.3) is 0 Å². The molecule has 0 unspecified atom stereocenters. The Hall–Kier alpha value is -1.09. The Morgan fingerprint density at radius 3 is 2.58 bits per heavy atom. The first-order valence-corrected chi connectivity index (χ1v) is 3.77. The Morgan fingerprint density at radius 1 is 1.50 bits per heavy atom. The van der Waals surface area contributed by atoms with Gasteiger partial charge in [0.1, 0.15) is 6.29 Å². The van der Waals surface area contributed by atoms with Gasteiger partial charge in [0.15, 0.2) is 0 Å². The minimum Gasteiger partial charge on any atom is -0.313 e. The lowest BCUT2D eigenvalue weighted by Crippen LogP contribution is -2.17. The van der Waals surface area contributed by atoms with Crippen LogP contribution < -0.4 is 0 Å². The van der Waals surface area contributed by atoms with E-state index in [1.54, 1.807) is 19.1 Å². The van der Waals surface area contributed by atoms with Gasteiger partial charge in [-0.05, 0) is 13.0 Å². The Kier molecular flexibility index (Phi) is 6.01. The van der Waals surface area contributed by atoms with Crippen LogP contribution in [0, 0.1) is 0 Å². The van der Waals surface area contributed by atoms with Gasteiger partial charge in [-0.15, -0.1) is 0 Å². The Balaban J connectivity index is 4.23. The van der Waals surface area contributed by atoms with Crippen LogP contribution in [-0.2, 0) is 9.59 Å². The fourth-order valence-electron chi connectivity index (χ4n) is 0.573. The number of aldehydes is 1. The van der Waals surface area contributed by atoms with E-state index >= 15 is 0 Å². The van der Waals surface area contributed by atoms with Crippen LogP contribution in [-0.4, -0.2) is 24.1 Å². The van der Waals surface area contributed by atoms with Crippen molar-refractivity contribution in [3.8, 4) is 0 Å². The Labute approximate surface area is 76.3 Å². The number of amides is 1. The third-order valence-corrected chi connectivity index (χ3v) is 1.26. The van der Waals surface area contributed by atoms with Gasteiger partial charge in [-0.1, -0.05) is 17.7 Å². The van der Waals surface area contributed by atoms with Crippen molar-refractivity contribution >= 4 is 24.3 Å². The maximum atomic E-state index is 10.3. The van der Waals surface area contributed by atoms with Crippen LogP contribution in [0.4, 0.5) is 0 Å². The normalized spacial score (nSPS) is 11.7. The van der Waals surface area contributed by atoms with Gasteiger partial charge in [0.05, 0.1) is 11.6 Å². The third-order valence-electron chi connectivity index (χ3n) is 1.04. The van der Waals surface area contributed by atoms with Crippen molar-refractivity contribution in [2.24, 2.45) is 0 Å². The molecule has 0 saturated heterocycles. The van der Waals surface area contributed by atoms with Gasteiger partial charge in [0.2, 0.25) is 6.41 Å². The number of halogens is 1. The summed E-state index contributed by atoms with van der Waals surface area (Å²) in [5.74, 6) is 0. The zero-order chi connectivity index (χ0) is 9.40. The molecule has 0 fully saturated rings. The lowest BCUT2D eigenvalue weighted by atomic mass is 10.5. The van der Waals surface area contributed by atoms with Crippen molar-refractivity contribution in [3.05, 3.63) is 23.4 Å². The average molecular weight is 188 g/mol. The number of hydrogen-bond acceptors (Lipinski definition) is 2. The van der Waals surface area contributed by atoms with Crippen molar-refractivity contribution in [2.45, 2.75) is 6.92 Å². The second-order valence-corrected chi connectivity index (χ2v) is 2.42. The monoisotopic (exact) mass is 187 g/mol. The summed E-state index contributed by atoms with van der Waals surface area (Å²) in [4.78, 5) is 21.5. The van der Waals surface area contributed by atoms with Gasteiger partial charge in [0, 0.05) is 6.20 Å². The minimum atomic E-state index is 0.0251. The molecule has 0 aromatic heterocycles. The number of carbonyl (C=O) groups excluding carboxylic acids is 2. The summed E-state index contributed by atoms with van der Waals surface area (Å²) < 4.78 is 0. The molecule has 0 aliphatic heterocycles. The van der Waals surface area contributed by atoms with Gasteiger partial charge in [-0.3, -0.25) is 4.79 Å². The first-order chi connectivity index (χ1) is 5.74. The molecule has 0 atom stereocenters. The van der Waals surface area contributed by atoms with Gasteiger partial charge in [0.25, 0.3) is 0 Å². The largest absolute Gasteiger partial charge is 0.313 e. The van der Waals surface area contributed by atoms with E-state index in [0.29, 0.717) is 17.7 Å². The minimum absolute atomic E-state index is 0.0251. The fraction of sp³-hybridized carbons (Fsp3) is 0.250. The highest BCUT2D eigenvalue weighted by Gasteiger charge is 1.95. The van der Waals surface area contributed by atoms with E-state index in [0.717, 1.165) is 4.90 Å². The number of rotatable bonds is 5. The van der Waals surface area contributed by atoms with Gasteiger partial charge >= 0.3 is 0 Å². The van der Waals surface area contributed by atoms with E-state index in [4.69, 9.17) is 11.6 Å². The van der Waals surface area contributed by atoms with Crippen molar-refractivity contribution in [3.63, 3.8) is 0 Å². The molecule has 3 nitrogen and oxygen atoms in total.